The second-order valence-corrected chi connectivity index (χ2v) is 6.83. The van der Waals surface area contributed by atoms with E-state index in [-0.39, 0.29) is 24.0 Å². The van der Waals surface area contributed by atoms with Crippen LogP contribution in [-0.4, -0.2) is 51.2 Å². The molecule has 2 aliphatic heterocycles. The average Bonchev–Trinajstić information content (AvgIpc) is 3.25. The first-order valence-electron chi connectivity index (χ1n) is 8.42. The molecular formula is C17H22N4O3. The molecule has 2 aliphatic rings. The quantitative estimate of drug-likeness (QED) is 0.911. The zero-order chi connectivity index (χ0) is 16.8. The molecule has 128 valence electrons. The van der Waals surface area contributed by atoms with Gasteiger partial charge >= 0.3 is 0 Å². The van der Waals surface area contributed by atoms with E-state index < -0.39 is 0 Å². The monoisotopic (exact) mass is 330 g/mol. The van der Waals surface area contributed by atoms with E-state index in [1.165, 1.54) is 0 Å². The van der Waals surface area contributed by atoms with Gasteiger partial charge in [0, 0.05) is 24.5 Å². The molecule has 7 nitrogen and oxygen atoms in total. The number of nitrogens with one attached hydrogen (secondary N) is 1. The van der Waals surface area contributed by atoms with Gasteiger partial charge in [-0.3, -0.25) is 4.79 Å². The third kappa shape index (κ3) is 2.53. The molecule has 2 aromatic heterocycles. The third-order valence-electron chi connectivity index (χ3n) is 5.04. The second-order valence-electron chi connectivity index (χ2n) is 6.83. The van der Waals surface area contributed by atoms with Crippen LogP contribution in [0.5, 0.6) is 0 Å². The van der Waals surface area contributed by atoms with Crippen LogP contribution in [0.2, 0.25) is 0 Å². The molecule has 0 aromatic carbocycles. The molecule has 0 radical (unpaired) electrons. The highest BCUT2D eigenvalue weighted by Crippen LogP contribution is 2.36. The van der Waals surface area contributed by atoms with Crippen LogP contribution in [0, 0.1) is 20.8 Å². The van der Waals surface area contributed by atoms with Gasteiger partial charge in [-0.15, -0.1) is 0 Å². The number of fused-ring (bicyclic) bond motifs is 1. The lowest BCUT2D eigenvalue weighted by atomic mass is 9.89. The minimum atomic E-state index is 0.0230. The topological polar surface area (TPSA) is 84.3 Å². The number of carbonyl (C=O) groups excluding carboxylic acids is 1. The predicted molar refractivity (Wildman–Crippen MR) is 85.8 cm³/mol. The minimum Gasteiger partial charge on any atom is -0.376 e. The molecule has 0 aliphatic carbocycles. The Morgan fingerprint density at radius 1 is 1.38 bits per heavy atom. The number of aryl methyl sites for hydroxylation is 3. The fraction of sp³-hybridized carbons (Fsp3) is 0.588. The molecule has 1 amide bonds. The molecule has 4 heterocycles. The van der Waals surface area contributed by atoms with Crippen LogP contribution in [-0.2, 0) is 4.74 Å². The van der Waals surface area contributed by atoms with Crippen molar-refractivity contribution in [3.8, 4) is 0 Å². The summed E-state index contributed by atoms with van der Waals surface area (Å²) in [7, 11) is 0. The third-order valence-corrected chi connectivity index (χ3v) is 5.04. The highest BCUT2D eigenvalue weighted by atomic mass is 16.5. The summed E-state index contributed by atoms with van der Waals surface area (Å²) in [6, 6.07) is 2.05. The fourth-order valence-corrected chi connectivity index (χ4v) is 3.94. The van der Waals surface area contributed by atoms with Crippen molar-refractivity contribution in [3.63, 3.8) is 0 Å². The fourth-order valence-electron chi connectivity index (χ4n) is 3.94. The zero-order valence-electron chi connectivity index (χ0n) is 14.2. The van der Waals surface area contributed by atoms with E-state index in [0.717, 1.165) is 29.8 Å². The van der Waals surface area contributed by atoms with Gasteiger partial charge in [-0.2, -0.15) is 4.98 Å². The maximum Gasteiger partial charge on any atom is 0.256 e. The number of piperidine rings is 1. The first kappa shape index (κ1) is 15.4. The van der Waals surface area contributed by atoms with Crippen molar-refractivity contribution in [1.29, 1.82) is 0 Å². The van der Waals surface area contributed by atoms with E-state index >= 15 is 0 Å². The number of likely N-dealkylation sites (tertiary alicyclic amines) is 1. The van der Waals surface area contributed by atoms with Crippen molar-refractivity contribution in [2.24, 2.45) is 0 Å². The van der Waals surface area contributed by atoms with Crippen molar-refractivity contribution in [2.45, 2.75) is 51.7 Å². The maximum absolute atomic E-state index is 13.1. The molecule has 2 saturated heterocycles. The van der Waals surface area contributed by atoms with Crippen LogP contribution in [0.1, 0.15) is 52.2 Å². The largest absolute Gasteiger partial charge is 0.376 e. The smallest absolute Gasteiger partial charge is 0.256 e. The number of carbonyl (C=O) groups is 1. The number of ether oxygens (including phenoxy) is 1. The van der Waals surface area contributed by atoms with Crippen molar-refractivity contribution in [2.75, 3.05) is 13.2 Å². The van der Waals surface area contributed by atoms with Gasteiger partial charge in [-0.05, 0) is 39.7 Å². The first-order valence-corrected chi connectivity index (χ1v) is 8.42. The molecule has 3 atom stereocenters. The highest BCUT2D eigenvalue weighted by Gasteiger charge is 2.44. The van der Waals surface area contributed by atoms with Crippen LogP contribution in [0.25, 0.3) is 0 Å². The molecule has 0 unspecified atom stereocenters. The Morgan fingerprint density at radius 3 is 2.88 bits per heavy atom. The second kappa shape index (κ2) is 5.73. The Morgan fingerprint density at radius 2 is 2.21 bits per heavy atom. The summed E-state index contributed by atoms with van der Waals surface area (Å²) in [5.41, 5.74) is 2.64. The molecule has 2 fully saturated rings. The molecule has 24 heavy (non-hydrogen) atoms. The Balaban J connectivity index is 1.64. The van der Waals surface area contributed by atoms with E-state index in [4.69, 9.17) is 9.26 Å². The van der Waals surface area contributed by atoms with E-state index in [1.54, 1.807) is 6.92 Å². The number of rotatable bonds is 2. The van der Waals surface area contributed by atoms with Gasteiger partial charge in [0.25, 0.3) is 5.91 Å². The van der Waals surface area contributed by atoms with E-state index in [9.17, 15) is 4.79 Å². The van der Waals surface area contributed by atoms with Crippen LogP contribution in [0.3, 0.4) is 0 Å². The first-order chi connectivity index (χ1) is 11.5. The highest BCUT2D eigenvalue weighted by molar-refractivity contribution is 5.96. The van der Waals surface area contributed by atoms with Crippen LogP contribution >= 0.6 is 0 Å². The number of amides is 1. The van der Waals surface area contributed by atoms with Crippen molar-refractivity contribution >= 4 is 5.91 Å². The molecule has 1 N–H and O–H groups in total. The summed E-state index contributed by atoms with van der Waals surface area (Å²) in [6.45, 7) is 6.99. The van der Waals surface area contributed by atoms with E-state index in [0.29, 0.717) is 24.9 Å². The summed E-state index contributed by atoms with van der Waals surface area (Å²) in [5.74, 6) is 1.30. The molecule has 2 aromatic rings. The lowest BCUT2D eigenvalue weighted by Gasteiger charge is -2.39. The molecule has 7 heteroatoms. The average molecular weight is 330 g/mol. The van der Waals surface area contributed by atoms with Gasteiger partial charge in [-0.25, -0.2) is 0 Å². The normalized spacial score (nSPS) is 26.6. The number of aromatic nitrogens is 3. The van der Waals surface area contributed by atoms with Gasteiger partial charge in [0.05, 0.1) is 23.6 Å². The number of H-pyrrole nitrogens is 1. The standard InChI is InChI=1S/C17H22N4O3/c1-9-6-13(10(2)18-9)17(22)21-8-12(16-19-11(3)20-24-16)7-15-14(21)4-5-23-15/h6,12,14-15,18H,4-5,7-8H2,1-3H3/t12-,14+,15+/m1/s1. The zero-order valence-corrected chi connectivity index (χ0v) is 14.2. The number of hydrogen-bond acceptors (Lipinski definition) is 5. The van der Waals surface area contributed by atoms with Crippen molar-refractivity contribution < 1.29 is 14.1 Å². The molecule has 0 bridgehead atoms. The Labute approximate surface area is 140 Å². The molecule has 0 spiro atoms. The number of hydrogen-bond donors (Lipinski definition) is 1. The summed E-state index contributed by atoms with van der Waals surface area (Å²) in [6.07, 6.45) is 1.75. The lowest BCUT2D eigenvalue weighted by molar-refractivity contribution is 0.0124. The van der Waals surface area contributed by atoms with Gasteiger partial charge in [0.2, 0.25) is 5.89 Å². The van der Waals surface area contributed by atoms with Gasteiger partial charge < -0.3 is 19.1 Å². The van der Waals surface area contributed by atoms with E-state index in [1.807, 2.05) is 24.8 Å². The maximum atomic E-state index is 13.1. The summed E-state index contributed by atoms with van der Waals surface area (Å²) >= 11 is 0. The SMILES string of the molecule is Cc1noc([C@@H]2C[C@@H]3OCC[C@@H]3N(C(=O)c3cc(C)[nH]c3C)C2)n1. The van der Waals surface area contributed by atoms with Crippen molar-refractivity contribution in [1.82, 2.24) is 20.0 Å². The Bertz CT molecular complexity index is 766. The van der Waals surface area contributed by atoms with Crippen LogP contribution < -0.4 is 0 Å². The number of nitrogens with zero attached hydrogens (tertiary/aromatic N) is 3. The summed E-state index contributed by atoms with van der Waals surface area (Å²) in [4.78, 5) is 22.7. The Hall–Kier alpha value is -2.15. The Kier molecular flexibility index (Phi) is 3.68. The molecule has 0 saturated carbocycles. The van der Waals surface area contributed by atoms with Crippen LogP contribution in [0.15, 0.2) is 10.6 Å². The number of aromatic amines is 1. The van der Waals surface area contributed by atoms with Gasteiger partial charge in [0.15, 0.2) is 5.82 Å². The summed E-state index contributed by atoms with van der Waals surface area (Å²) in [5, 5.41) is 3.89. The lowest BCUT2D eigenvalue weighted by Crippen LogP contribution is -2.51. The summed E-state index contributed by atoms with van der Waals surface area (Å²) < 4.78 is 11.2. The van der Waals surface area contributed by atoms with E-state index in [2.05, 4.69) is 15.1 Å². The molecular weight excluding hydrogens is 308 g/mol. The molecule has 4 rings (SSSR count). The van der Waals surface area contributed by atoms with Gasteiger partial charge in [-0.1, -0.05) is 5.16 Å². The van der Waals surface area contributed by atoms with Crippen molar-refractivity contribution in [3.05, 3.63) is 34.7 Å². The van der Waals surface area contributed by atoms with Crippen LogP contribution in [0.4, 0.5) is 0 Å². The minimum absolute atomic E-state index is 0.0230. The predicted octanol–water partition coefficient (Wildman–Crippen LogP) is 2.11. The van der Waals surface area contributed by atoms with Gasteiger partial charge in [0.1, 0.15) is 0 Å².